The number of fused-ring (bicyclic) bond motifs is 1. The molecule has 0 spiro atoms. The van der Waals surface area contributed by atoms with Crippen LogP contribution in [0.3, 0.4) is 0 Å². The molecule has 1 N–H and O–H groups in total. The summed E-state index contributed by atoms with van der Waals surface area (Å²) >= 11 is 0. The Morgan fingerprint density at radius 3 is 2.44 bits per heavy atom. The highest BCUT2D eigenvalue weighted by atomic mass is 16.1. The van der Waals surface area contributed by atoms with Gasteiger partial charge in [-0.05, 0) is 50.3 Å². The molecule has 1 atom stereocenters. The molecule has 4 heteroatoms. The van der Waals surface area contributed by atoms with Crippen molar-refractivity contribution in [1.29, 1.82) is 0 Å². The summed E-state index contributed by atoms with van der Waals surface area (Å²) in [6, 6.07) is 14.7. The molecule has 3 aromatic rings. The fraction of sp³-hybridized carbons (Fsp3) is 0.261. The smallest absolute Gasteiger partial charge is 0.227 e. The minimum absolute atomic E-state index is 0.125. The average Bonchev–Trinajstić information content (AvgIpc) is 2.64. The highest BCUT2D eigenvalue weighted by Crippen LogP contribution is 2.32. The van der Waals surface area contributed by atoms with Gasteiger partial charge in [0.25, 0.3) is 0 Å². The highest BCUT2D eigenvalue weighted by Gasteiger charge is 2.28. The van der Waals surface area contributed by atoms with E-state index >= 15 is 0 Å². The van der Waals surface area contributed by atoms with Crippen LogP contribution >= 0.6 is 0 Å². The summed E-state index contributed by atoms with van der Waals surface area (Å²) in [4.78, 5) is 21.6. The van der Waals surface area contributed by atoms with Gasteiger partial charge in [-0.1, -0.05) is 47.5 Å². The minimum atomic E-state index is 0.125. The lowest BCUT2D eigenvalue weighted by atomic mass is 9.82. The Labute approximate surface area is 159 Å². The molecular formula is C23H23N3O. The molecule has 0 unspecified atom stereocenters. The van der Waals surface area contributed by atoms with Crippen LogP contribution in [0, 0.1) is 20.8 Å². The summed E-state index contributed by atoms with van der Waals surface area (Å²) in [5.41, 5.74) is 7.26. The van der Waals surface area contributed by atoms with Gasteiger partial charge in [-0.2, -0.15) is 0 Å². The molecule has 1 aromatic heterocycles. The van der Waals surface area contributed by atoms with Crippen LogP contribution in [0.5, 0.6) is 0 Å². The fourth-order valence-electron chi connectivity index (χ4n) is 3.65. The quantitative estimate of drug-likeness (QED) is 0.712. The number of carbonyl (C=O) groups is 1. The SMILES string of the molecule is Cc1ccc([C@@H]2CC(=O)c3cnc(Nc4ccc(C)cc4C)nc3C2)cc1. The lowest BCUT2D eigenvalue weighted by Gasteiger charge is -2.23. The Bertz CT molecular complexity index is 1010. The van der Waals surface area contributed by atoms with Crippen LogP contribution in [0.2, 0.25) is 0 Å². The third kappa shape index (κ3) is 3.61. The van der Waals surface area contributed by atoms with E-state index in [-0.39, 0.29) is 11.7 Å². The second-order valence-electron chi connectivity index (χ2n) is 7.44. The topological polar surface area (TPSA) is 54.9 Å². The predicted octanol–water partition coefficient (Wildman–Crippen LogP) is 5.06. The van der Waals surface area contributed by atoms with Gasteiger partial charge in [-0.25, -0.2) is 9.97 Å². The van der Waals surface area contributed by atoms with Crippen molar-refractivity contribution in [2.24, 2.45) is 0 Å². The number of ketones is 1. The first-order valence-corrected chi connectivity index (χ1v) is 9.29. The molecule has 136 valence electrons. The van der Waals surface area contributed by atoms with Gasteiger partial charge < -0.3 is 5.32 Å². The number of aromatic nitrogens is 2. The number of nitrogens with one attached hydrogen (secondary N) is 1. The molecule has 0 radical (unpaired) electrons. The van der Waals surface area contributed by atoms with E-state index in [1.54, 1.807) is 6.20 Å². The van der Waals surface area contributed by atoms with E-state index in [0.29, 0.717) is 17.9 Å². The standard InChI is InChI=1S/C23H23N3O/c1-14-4-7-17(8-5-14)18-11-21-19(22(27)12-18)13-24-23(26-21)25-20-9-6-15(2)10-16(20)3/h4-10,13,18H,11-12H2,1-3H3,(H,24,25,26)/t18-/m0/s1. The monoisotopic (exact) mass is 357 g/mol. The average molecular weight is 357 g/mol. The van der Waals surface area contributed by atoms with Crippen LogP contribution in [0.15, 0.2) is 48.7 Å². The van der Waals surface area contributed by atoms with E-state index in [1.807, 2.05) is 6.07 Å². The van der Waals surface area contributed by atoms with Crippen molar-refractivity contribution < 1.29 is 4.79 Å². The molecule has 4 nitrogen and oxygen atoms in total. The number of benzene rings is 2. The molecule has 0 amide bonds. The number of nitrogens with zero attached hydrogens (tertiary/aromatic N) is 2. The zero-order valence-corrected chi connectivity index (χ0v) is 15.9. The van der Waals surface area contributed by atoms with Crippen LogP contribution in [-0.4, -0.2) is 15.8 Å². The summed E-state index contributed by atoms with van der Waals surface area (Å²) in [6.07, 6.45) is 2.94. The van der Waals surface area contributed by atoms with Gasteiger partial charge in [-0.15, -0.1) is 0 Å². The molecule has 0 fully saturated rings. The summed E-state index contributed by atoms with van der Waals surface area (Å²) in [5, 5.41) is 3.29. The summed E-state index contributed by atoms with van der Waals surface area (Å²) in [5.74, 6) is 0.840. The van der Waals surface area contributed by atoms with E-state index in [1.165, 1.54) is 16.7 Å². The van der Waals surface area contributed by atoms with Crippen molar-refractivity contribution in [2.75, 3.05) is 5.32 Å². The van der Waals surface area contributed by atoms with Gasteiger partial charge in [0, 0.05) is 18.3 Å². The second-order valence-corrected chi connectivity index (χ2v) is 7.44. The largest absolute Gasteiger partial charge is 0.324 e. The number of aryl methyl sites for hydroxylation is 3. The minimum Gasteiger partial charge on any atom is -0.324 e. The molecule has 0 saturated carbocycles. The molecule has 0 aliphatic heterocycles. The third-order valence-corrected chi connectivity index (χ3v) is 5.22. The van der Waals surface area contributed by atoms with E-state index < -0.39 is 0 Å². The number of hydrogen-bond acceptors (Lipinski definition) is 4. The highest BCUT2D eigenvalue weighted by molar-refractivity contribution is 5.98. The predicted molar refractivity (Wildman–Crippen MR) is 108 cm³/mol. The van der Waals surface area contributed by atoms with Gasteiger partial charge in [-0.3, -0.25) is 4.79 Å². The Morgan fingerprint density at radius 1 is 0.963 bits per heavy atom. The van der Waals surface area contributed by atoms with Gasteiger partial charge in [0.1, 0.15) is 0 Å². The first-order valence-electron chi connectivity index (χ1n) is 9.29. The Hall–Kier alpha value is -3.01. The lowest BCUT2D eigenvalue weighted by molar-refractivity contribution is 0.0962. The Morgan fingerprint density at radius 2 is 1.70 bits per heavy atom. The van der Waals surface area contributed by atoms with Crippen LogP contribution < -0.4 is 5.32 Å². The van der Waals surface area contributed by atoms with Crippen LogP contribution in [-0.2, 0) is 6.42 Å². The van der Waals surface area contributed by atoms with E-state index in [0.717, 1.165) is 23.4 Å². The maximum Gasteiger partial charge on any atom is 0.227 e. The Balaban J connectivity index is 1.62. The van der Waals surface area contributed by atoms with Gasteiger partial charge in [0.2, 0.25) is 5.95 Å². The second kappa shape index (κ2) is 6.95. The maximum atomic E-state index is 12.6. The fourth-order valence-corrected chi connectivity index (χ4v) is 3.65. The zero-order chi connectivity index (χ0) is 19.0. The number of Topliss-reactive ketones (excluding diaryl/α,β-unsaturated/α-hetero) is 1. The van der Waals surface area contributed by atoms with Crippen molar-refractivity contribution in [3.63, 3.8) is 0 Å². The number of rotatable bonds is 3. The molecule has 0 bridgehead atoms. The third-order valence-electron chi connectivity index (χ3n) is 5.22. The van der Waals surface area contributed by atoms with Crippen LogP contribution in [0.4, 0.5) is 11.6 Å². The number of carbonyl (C=O) groups excluding carboxylic acids is 1. The van der Waals surface area contributed by atoms with Gasteiger partial charge >= 0.3 is 0 Å². The first-order chi connectivity index (χ1) is 13.0. The summed E-state index contributed by atoms with van der Waals surface area (Å²) < 4.78 is 0. The van der Waals surface area contributed by atoms with Gasteiger partial charge in [0.15, 0.2) is 5.78 Å². The maximum absolute atomic E-state index is 12.6. The van der Waals surface area contributed by atoms with Crippen LogP contribution in [0.1, 0.15) is 50.6 Å². The van der Waals surface area contributed by atoms with Crippen LogP contribution in [0.25, 0.3) is 0 Å². The number of hydrogen-bond donors (Lipinski definition) is 1. The molecule has 1 aliphatic rings. The molecule has 4 rings (SSSR count). The first kappa shape index (κ1) is 17.4. The van der Waals surface area contributed by atoms with Crippen molar-refractivity contribution in [2.45, 2.75) is 39.5 Å². The molecule has 0 saturated heterocycles. The van der Waals surface area contributed by atoms with Crippen molar-refractivity contribution in [3.05, 3.63) is 82.2 Å². The van der Waals surface area contributed by atoms with E-state index in [2.05, 4.69) is 72.5 Å². The summed E-state index contributed by atoms with van der Waals surface area (Å²) in [6.45, 7) is 6.21. The van der Waals surface area contributed by atoms with E-state index in [4.69, 9.17) is 0 Å². The van der Waals surface area contributed by atoms with Crippen molar-refractivity contribution >= 4 is 17.4 Å². The Kier molecular flexibility index (Phi) is 4.48. The molecule has 27 heavy (non-hydrogen) atoms. The number of anilines is 2. The van der Waals surface area contributed by atoms with Gasteiger partial charge in [0.05, 0.1) is 11.3 Å². The van der Waals surface area contributed by atoms with E-state index in [9.17, 15) is 4.79 Å². The molecule has 1 heterocycles. The summed E-state index contributed by atoms with van der Waals surface area (Å²) in [7, 11) is 0. The molecule has 1 aliphatic carbocycles. The zero-order valence-electron chi connectivity index (χ0n) is 15.9. The molecular weight excluding hydrogens is 334 g/mol. The normalized spacial score (nSPS) is 16.1. The lowest BCUT2D eigenvalue weighted by Crippen LogP contribution is -2.21. The molecule has 2 aromatic carbocycles. The van der Waals surface area contributed by atoms with Crippen molar-refractivity contribution in [3.8, 4) is 0 Å². The van der Waals surface area contributed by atoms with Crippen molar-refractivity contribution in [1.82, 2.24) is 9.97 Å².